The molecule has 11 heteroatoms. The number of hydrogen-bond donors (Lipinski definition) is 1. The number of pyridine rings is 1. The highest BCUT2D eigenvalue weighted by molar-refractivity contribution is 5.97. The molecule has 1 aromatic carbocycles. The van der Waals surface area contributed by atoms with Crippen LogP contribution in [0, 0.1) is 5.82 Å². The van der Waals surface area contributed by atoms with E-state index < -0.39 is 0 Å². The van der Waals surface area contributed by atoms with Crippen molar-refractivity contribution in [3.63, 3.8) is 0 Å². The average Bonchev–Trinajstić information content (AvgIpc) is 3.54. The van der Waals surface area contributed by atoms with Crippen LogP contribution in [0.1, 0.15) is 44.5 Å². The summed E-state index contributed by atoms with van der Waals surface area (Å²) in [6.45, 7) is 17.4. The molecular weight excluding hydrogens is 559 g/mol. The third-order valence-corrected chi connectivity index (χ3v) is 10.1. The second kappa shape index (κ2) is 11.8. The number of piperazine rings is 2. The maximum Gasteiger partial charge on any atom is 0.241 e. The molecule has 4 aliphatic heterocycles. The molecule has 3 fully saturated rings. The molecule has 0 spiro atoms. The van der Waals surface area contributed by atoms with Crippen molar-refractivity contribution in [2.75, 3.05) is 70.5 Å². The Kier molecular flexibility index (Phi) is 7.95. The Labute approximate surface area is 259 Å². The third-order valence-electron chi connectivity index (χ3n) is 10.1. The first-order chi connectivity index (χ1) is 21.2. The molecule has 0 aliphatic carbocycles. The third kappa shape index (κ3) is 5.64. The van der Waals surface area contributed by atoms with Gasteiger partial charge in [0.05, 0.1) is 37.2 Å². The molecule has 1 amide bonds. The van der Waals surface area contributed by atoms with Crippen LogP contribution in [-0.2, 0) is 21.4 Å². The van der Waals surface area contributed by atoms with E-state index in [-0.39, 0.29) is 23.2 Å². The lowest BCUT2D eigenvalue weighted by atomic mass is 9.90. The number of rotatable bonds is 7. The van der Waals surface area contributed by atoms with Crippen molar-refractivity contribution in [1.29, 1.82) is 0 Å². The predicted molar refractivity (Wildman–Crippen MR) is 168 cm³/mol. The first-order valence-electron chi connectivity index (χ1n) is 16.1. The maximum atomic E-state index is 14.3. The minimum absolute atomic E-state index is 0.117. The van der Waals surface area contributed by atoms with Crippen molar-refractivity contribution in [3.8, 4) is 0 Å². The lowest BCUT2D eigenvalue weighted by Gasteiger charge is -2.48. The summed E-state index contributed by atoms with van der Waals surface area (Å²) in [5, 5.41) is 8.28. The molecule has 1 N–H and O–H groups in total. The summed E-state index contributed by atoms with van der Waals surface area (Å²) < 4.78 is 20.9. The van der Waals surface area contributed by atoms with Gasteiger partial charge in [0.15, 0.2) is 5.65 Å². The number of amides is 1. The van der Waals surface area contributed by atoms with Crippen molar-refractivity contribution >= 4 is 17.2 Å². The van der Waals surface area contributed by atoms with Crippen molar-refractivity contribution < 1.29 is 13.9 Å². The van der Waals surface area contributed by atoms with Gasteiger partial charge in [0.2, 0.25) is 5.91 Å². The van der Waals surface area contributed by atoms with Gasteiger partial charge in [0, 0.05) is 81.3 Å². The fourth-order valence-electron chi connectivity index (χ4n) is 7.60. The van der Waals surface area contributed by atoms with Crippen molar-refractivity contribution in [2.45, 2.75) is 63.7 Å². The van der Waals surface area contributed by atoms with Gasteiger partial charge in [-0.3, -0.25) is 19.5 Å². The van der Waals surface area contributed by atoms with Crippen molar-refractivity contribution in [2.24, 2.45) is 0 Å². The SMILES string of the molecule is C[C@@H]1CN(CC(=O)N2CC(C)(C)c3c2cc(Cc2ccc(F)cc2)c2ncnn32)[C@@H](CN2CCN(C3COC3)C[C@H]2C)CN1. The number of nitrogens with one attached hydrogen (secondary N) is 1. The van der Waals surface area contributed by atoms with Crippen LogP contribution < -0.4 is 10.2 Å². The van der Waals surface area contributed by atoms with Crippen LogP contribution in [0.4, 0.5) is 10.1 Å². The Morgan fingerprint density at radius 3 is 2.64 bits per heavy atom. The van der Waals surface area contributed by atoms with Crippen molar-refractivity contribution in [1.82, 2.24) is 34.6 Å². The quantitative estimate of drug-likeness (QED) is 0.440. The summed E-state index contributed by atoms with van der Waals surface area (Å²) in [5.41, 5.74) is 4.36. The van der Waals surface area contributed by atoms with E-state index in [4.69, 9.17) is 4.74 Å². The van der Waals surface area contributed by atoms with Crippen molar-refractivity contribution in [3.05, 3.63) is 59.3 Å². The highest BCUT2D eigenvalue weighted by Gasteiger charge is 2.43. The highest BCUT2D eigenvalue weighted by Crippen LogP contribution is 2.42. The molecule has 2 aromatic heterocycles. The van der Waals surface area contributed by atoms with Crippen LogP contribution in [0.25, 0.3) is 5.65 Å². The van der Waals surface area contributed by atoms with E-state index >= 15 is 0 Å². The molecule has 7 rings (SSSR count). The number of nitrogens with zero attached hydrogens (tertiary/aromatic N) is 7. The Hall–Kier alpha value is -2.96. The average molecular weight is 605 g/mol. The predicted octanol–water partition coefficient (Wildman–Crippen LogP) is 2.15. The highest BCUT2D eigenvalue weighted by atomic mass is 19.1. The molecule has 44 heavy (non-hydrogen) atoms. The Morgan fingerprint density at radius 2 is 1.91 bits per heavy atom. The summed E-state index contributed by atoms with van der Waals surface area (Å²) in [5.74, 6) is -0.138. The number of carbonyl (C=O) groups excluding carboxylic acids is 1. The molecule has 0 saturated carbocycles. The van der Waals surface area contributed by atoms with E-state index in [0.717, 1.165) is 80.6 Å². The molecule has 3 aromatic rings. The first-order valence-corrected chi connectivity index (χ1v) is 16.1. The van der Waals surface area contributed by atoms with Gasteiger partial charge < -0.3 is 15.0 Å². The zero-order valence-corrected chi connectivity index (χ0v) is 26.4. The fraction of sp³-hybridized carbons (Fsp3) is 0.606. The van der Waals surface area contributed by atoms with Crippen LogP contribution >= 0.6 is 0 Å². The Balaban J connectivity index is 1.11. The summed E-state index contributed by atoms with van der Waals surface area (Å²) in [4.78, 5) is 28.4. The van der Waals surface area contributed by atoms with Gasteiger partial charge in [-0.25, -0.2) is 13.9 Å². The lowest BCUT2D eigenvalue weighted by molar-refractivity contribution is -0.121. The molecule has 0 unspecified atom stereocenters. The summed E-state index contributed by atoms with van der Waals surface area (Å²) in [6, 6.07) is 10.3. The summed E-state index contributed by atoms with van der Waals surface area (Å²) >= 11 is 0. The molecule has 0 radical (unpaired) electrons. The number of aromatic nitrogens is 3. The molecule has 236 valence electrons. The van der Waals surface area contributed by atoms with E-state index in [1.165, 1.54) is 12.1 Å². The van der Waals surface area contributed by atoms with E-state index in [1.54, 1.807) is 18.5 Å². The van der Waals surface area contributed by atoms with Crippen LogP contribution in [0.15, 0.2) is 36.7 Å². The minimum atomic E-state index is -0.290. The molecule has 3 saturated heterocycles. The fourth-order valence-corrected chi connectivity index (χ4v) is 7.60. The summed E-state index contributed by atoms with van der Waals surface area (Å²) in [7, 11) is 0. The maximum absolute atomic E-state index is 14.3. The van der Waals surface area contributed by atoms with E-state index in [2.05, 4.69) is 63.9 Å². The van der Waals surface area contributed by atoms with Gasteiger partial charge in [-0.1, -0.05) is 26.0 Å². The number of halogens is 1. The smallest absolute Gasteiger partial charge is 0.241 e. The number of ether oxygens (including phenoxy) is 1. The standard InChI is InChI=1S/C33H45FN8O2/c1-22-14-40(27(13-35-22)16-38-9-10-39(15-23(38)2)28-18-44-19-28)17-30(43)41-20-33(3,4)31-29(41)12-25(32-36-21-37-42(31)32)11-24-5-7-26(34)8-6-24/h5-8,12,21-23,27-28,35H,9-11,13-20H2,1-4H3/t22-,23-,27-/m1/s1. The second-order valence-corrected chi connectivity index (χ2v) is 14.0. The van der Waals surface area contributed by atoms with Gasteiger partial charge in [0.1, 0.15) is 12.1 Å². The number of benzene rings is 1. The second-order valence-electron chi connectivity index (χ2n) is 14.0. The van der Waals surface area contributed by atoms with E-state index in [9.17, 15) is 9.18 Å². The van der Waals surface area contributed by atoms with E-state index in [0.29, 0.717) is 37.6 Å². The Morgan fingerprint density at radius 1 is 1.11 bits per heavy atom. The number of fused-ring (bicyclic) bond motifs is 3. The number of hydrogen-bond acceptors (Lipinski definition) is 8. The monoisotopic (exact) mass is 604 g/mol. The van der Waals surface area contributed by atoms with Crippen LogP contribution in [0.3, 0.4) is 0 Å². The van der Waals surface area contributed by atoms with Gasteiger partial charge in [-0.2, -0.15) is 5.10 Å². The van der Waals surface area contributed by atoms with Crippen LogP contribution in [-0.4, -0.2) is 125 Å². The molecular formula is C33H45FN8O2. The minimum Gasteiger partial charge on any atom is -0.378 e. The normalized spacial score (nSPS) is 26.7. The molecule has 10 nitrogen and oxygen atoms in total. The molecule has 0 bridgehead atoms. The lowest BCUT2D eigenvalue weighted by Crippen LogP contribution is -2.64. The van der Waals surface area contributed by atoms with Gasteiger partial charge in [-0.05, 0) is 37.6 Å². The van der Waals surface area contributed by atoms with Gasteiger partial charge in [-0.15, -0.1) is 0 Å². The summed E-state index contributed by atoms with van der Waals surface area (Å²) in [6.07, 6.45) is 2.16. The number of anilines is 1. The van der Waals surface area contributed by atoms with Gasteiger partial charge >= 0.3 is 0 Å². The zero-order chi connectivity index (χ0) is 30.6. The van der Waals surface area contributed by atoms with E-state index in [1.807, 2.05) is 9.42 Å². The topological polar surface area (TPSA) is 81.5 Å². The Bertz CT molecular complexity index is 1510. The first kappa shape index (κ1) is 29.7. The molecule has 6 heterocycles. The van der Waals surface area contributed by atoms with Crippen LogP contribution in [0.2, 0.25) is 0 Å². The van der Waals surface area contributed by atoms with Crippen LogP contribution in [0.5, 0.6) is 0 Å². The zero-order valence-electron chi connectivity index (χ0n) is 26.4. The number of carbonyl (C=O) groups is 1. The largest absolute Gasteiger partial charge is 0.378 e. The molecule has 4 aliphatic rings. The van der Waals surface area contributed by atoms with Gasteiger partial charge in [0.25, 0.3) is 0 Å². The molecule has 3 atom stereocenters.